The Hall–Kier alpha value is -2.39. The second-order valence-electron chi connectivity index (χ2n) is 7.28. The van der Waals surface area contributed by atoms with Gasteiger partial charge in [-0.2, -0.15) is 13.2 Å². The van der Waals surface area contributed by atoms with Crippen molar-refractivity contribution in [3.05, 3.63) is 58.6 Å². The molecule has 0 spiro atoms. The van der Waals surface area contributed by atoms with E-state index in [0.717, 1.165) is 23.9 Å². The first kappa shape index (κ1) is 27.9. The van der Waals surface area contributed by atoms with Crippen LogP contribution in [0.25, 0.3) is 0 Å². The molecular formula is C24H27ClF3NO4S. The Labute approximate surface area is 206 Å². The van der Waals surface area contributed by atoms with Gasteiger partial charge in [-0.05, 0) is 62.6 Å². The number of halogens is 4. The molecule has 0 aliphatic carbocycles. The van der Waals surface area contributed by atoms with Gasteiger partial charge in [-0.15, -0.1) is 0 Å². The molecule has 10 heteroatoms. The largest absolute Gasteiger partial charge is 0.466 e. The summed E-state index contributed by atoms with van der Waals surface area (Å²) >= 11 is 7.66. The highest BCUT2D eigenvalue weighted by molar-refractivity contribution is 7.99. The Kier molecular flexibility index (Phi) is 11.0. The van der Waals surface area contributed by atoms with Crippen LogP contribution in [0.1, 0.15) is 56.7 Å². The molecule has 1 unspecified atom stereocenters. The number of nitrogens with one attached hydrogen (secondary N) is 1. The van der Waals surface area contributed by atoms with Gasteiger partial charge in [0.1, 0.15) is 0 Å². The summed E-state index contributed by atoms with van der Waals surface area (Å²) in [6.45, 7) is 3.98. The fraction of sp³-hybridized carbons (Fsp3) is 0.417. The number of carbonyl (C=O) groups excluding carboxylic acids is 2. The molecule has 0 aliphatic heterocycles. The smallest absolute Gasteiger partial charge is 0.416 e. The number of alkyl halides is 3. The Morgan fingerprint density at radius 1 is 1.03 bits per heavy atom. The zero-order valence-electron chi connectivity index (χ0n) is 18.9. The van der Waals surface area contributed by atoms with Crippen LogP contribution < -0.4 is 5.32 Å². The van der Waals surface area contributed by atoms with Gasteiger partial charge in [0.15, 0.2) is 0 Å². The molecule has 0 radical (unpaired) electrons. The van der Waals surface area contributed by atoms with E-state index in [1.165, 1.54) is 6.07 Å². The number of unbranched alkanes of at least 4 members (excludes halogenated alkanes) is 1. The first-order valence-electron chi connectivity index (χ1n) is 10.9. The lowest BCUT2D eigenvalue weighted by Crippen LogP contribution is -2.29. The highest BCUT2D eigenvalue weighted by Gasteiger charge is 2.30. The molecule has 5 nitrogen and oxygen atoms in total. The molecule has 1 N–H and O–H groups in total. The molecule has 0 aliphatic rings. The van der Waals surface area contributed by atoms with Crippen molar-refractivity contribution < 1.29 is 32.2 Å². The Morgan fingerprint density at radius 3 is 2.38 bits per heavy atom. The number of amides is 1. The van der Waals surface area contributed by atoms with Crippen LogP contribution in [0.2, 0.25) is 5.02 Å². The van der Waals surface area contributed by atoms with E-state index < -0.39 is 23.9 Å². The third kappa shape index (κ3) is 9.10. The maximum absolute atomic E-state index is 13.0. The molecule has 0 saturated carbocycles. The van der Waals surface area contributed by atoms with Gasteiger partial charge in [0.05, 0.1) is 24.8 Å². The zero-order valence-corrected chi connectivity index (χ0v) is 20.5. The minimum atomic E-state index is -4.42. The predicted molar refractivity (Wildman–Crippen MR) is 125 cm³/mol. The monoisotopic (exact) mass is 517 g/mol. The molecule has 0 fully saturated rings. The Morgan fingerprint density at radius 2 is 1.74 bits per heavy atom. The van der Waals surface area contributed by atoms with Gasteiger partial charge in [-0.1, -0.05) is 41.9 Å². The van der Waals surface area contributed by atoms with Gasteiger partial charge < -0.3 is 14.8 Å². The van der Waals surface area contributed by atoms with E-state index >= 15 is 0 Å². The fourth-order valence-corrected chi connectivity index (χ4v) is 4.49. The number of rotatable bonds is 11. The van der Waals surface area contributed by atoms with Crippen molar-refractivity contribution >= 4 is 35.4 Å². The lowest BCUT2D eigenvalue weighted by atomic mass is 10.0. The molecule has 0 saturated heterocycles. The van der Waals surface area contributed by atoms with Gasteiger partial charge in [0.25, 0.3) is 0 Å². The van der Waals surface area contributed by atoms with Crippen LogP contribution in [-0.4, -0.2) is 25.3 Å². The lowest BCUT2D eigenvalue weighted by molar-refractivity contribution is -0.143. The first-order chi connectivity index (χ1) is 16.1. The fourth-order valence-electron chi connectivity index (χ4n) is 3.20. The summed E-state index contributed by atoms with van der Waals surface area (Å²) in [6, 6.07) is 9.73. The van der Waals surface area contributed by atoms with Gasteiger partial charge in [0.2, 0.25) is 0 Å². The van der Waals surface area contributed by atoms with E-state index in [4.69, 9.17) is 21.1 Å². The molecule has 1 atom stereocenters. The number of esters is 1. The van der Waals surface area contributed by atoms with Crippen molar-refractivity contribution in [2.24, 2.45) is 0 Å². The molecule has 34 heavy (non-hydrogen) atoms. The highest BCUT2D eigenvalue weighted by Crippen LogP contribution is 2.37. The van der Waals surface area contributed by atoms with E-state index in [9.17, 15) is 22.8 Å². The molecule has 1 amide bonds. The first-order valence-corrected chi connectivity index (χ1v) is 12.1. The summed E-state index contributed by atoms with van der Waals surface area (Å²) in [5, 5.41) is 3.15. The summed E-state index contributed by atoms with van der Waals surface area (Å²) in [6.07, 6.45) is -3.00. The second kappa shape index (κ2) is 13.5. The summed E-state index contributed by atoms with van der Waals surface area (Å²) in [7, 11) is 0. The third-order valence-electron chi connectivity index (χ3n) is 4.74. The SMILES string of the molecule is CCOC(=O)CCCCC(NC(=O)OCC)c1ccc(Sc2cccc(C(F)(F)F)c2)cc1Cl. The maximum atomic E-state index is 13.0. The van der Waals surface area contributed by atoms with E-state index in [1.54, 1.807) is 38.1 Å². The van der Waals surface area contributed by atoms with Gasteiger partial charge in [-0.25, -0.2) is 4.79 Å². The van der Waals surface area contributed by atoms with E-state index in [0.29, 0.717) is 46.2 Å². The van der Waals surface area contributed by atoms with Crippen LogP contribution in [0.3, 0.4) is 0 Å². The van der Waals surface area contributed by atoms with E-state index in [-0.39, 0.29) is 19.0 Å². The van der Waals surface area contributed by atoms with Crippen LogP contribution in [0, 0.1) is 0 Å². The van der Waals surface area contributed by atoms with Crippen LogP contribution >= 0.6 is 23.4 Å². The summed E-state index contributed by atoms with van der Waals surface area (Å²) in [5.74, 6) is -0.272. The van der Waals surface area contributed by atoms with Crippen LogP contribution in [0.4, 0.5) is 18.0 Å². The maximum Gasteiger partial charge on any atom is 0.416 e. The summed E-state index contributed by atoms with van der Waals surface area (Å²) < 4.78 is 48.9. The topological polar surface area (TPSA) is 64.6 Å². The lowest BCUT2D eigenvalue weighted by Gasteiger charge is -2.20. The number of hydrogen-bond donors (Lipinski definition) is 1. The normalized spacial score (nSPS) is 12.2. The summed E-state index contributed by atoms with van der Waals surface area (Å²) in [5.41, 5.74) is -0.0685. The minimum absolute atomic E-state index is 0.210. The van der Waals surface area contributed by atoms with Crippen LogP contribution in [0.5, 0.6) is 0 Å². The summed E-state index contributed by atoms with van der Waals surface area (Å²) in [4.78, 5) is 24.7. The molecule has 0 aromatic heterocycles. The van der Waals surface area contributed by atoms with Crippen molar-refractivity contribution in [1.82, 2.24) is 5.32 Å². The van der Waals surface area contributed by atoms with Crippen molar-refractivity contribution in [3.63, 3.8) is 0 Å². The van der Waals surface area contributed by atoms with Crippen molar-refractivity contribution in [3.8, 4) is 0 Å². The quantitative estimate of drug-likeness (QED) is 0.248. The molecular weight excluding hydrogens is 491 g/mol. The zero-order chi connectivity index (χ0) is 25.1. The number of ether oxygens (including phenoxy) is 2. The molecule has 186 valence electrons. The number of benzene rings is 2. The van der Waals surface area contributed by atoms with Gasteiger partial charge in [0, 0.05) is 21.2 Å². The minimum Gasteiger partial charge on any atom is -0.466 e. The predicted octanol–water partition coefficient (Wildman–Crippen LogP) is 7.42. The van der Waals surface area contributed by atoms with Crippen molar-refractivity contribution in [2.45, 2.75) is 61.5 Å². The van der Waals surface area contributed by atoms with Gasteiger partial charge >= 0.3 is 18.2 Å². The number of hydrogen-bond acceptors (Lipinski definition) is 5. The van der Waals surface area contributed by atoms with Gasteiger partial charge in [-0.3, -0.25) is 4.79 Å². The second-order valence-corrected chi connectivity index (χ2v) is 8.83. The number of carbonyl (C=O) groups is 2. The molecule has 2 aromatic carbocycles. The highest BCUT2D eigenvalue weighted by atomic mass is 35.5. The van der Waals surface area contributed by atoms with E-state index in [1.807, 2.05) is 0 Å². The average molecular weight is 518 g/mol. The van der Waals surface area contributed by atoms with Crippen LogP contribution in [-0.2, 0) is 20.4 Å². The standard InChI is InChI=1S/C24H27ClF3NO4S/c1-3-32-22(30)11-6-5-10-21(29-23(31)33-4-2)19-13-12-18(15-20(19)25)34-17-9-7-8-16(14-17)24(26,27)28/h7-9,12-15,21H,3-6,10-11H2,1-2H3,(H,29,31). The Balaban J connectivity index is 2.13. The molecule has 2 aromatic rings. The third-order valence-corrected chi connectivity index (χ3v) is 6.05. The number of alkyl carbamates (subject to hydrolysis) is 1. The molecule has 0 heterocycles. The van der Waals surface area contributed by atoms with Crippen molar-refractivity contribution in [2.75, 3.05) is 13.2 Å². The van der Waals surface area contributed by atoms with E-state index in [2.05, 4.69) is 5.32 Å². The molecule has 2 rings (SSSR count). The average Bonchev–Trinajstić information content (AvgIpc) is 2.76. The Bertz CT molecular complexity index is 971. The van der Waals surface area contributed by atoms with Crippen molar-refractivity contribution in [1.29, 1.82) is 0 Å². The molecule has 0 bridgehead atoms. The van der Waals surface area contributed by atoms with Crippen LogP contribution in [0.15, 0.2) is 52.3 Å².